The third-order valence-corrected chi connectivity index (χ3v) is 8.87. The van der Waals surface area contributed by atoms with Crippen LogP contribution in [-0.4, -0.2) is 42.0 Å². The summed E-state index contributed by atoms with van der Waals surface area (Å²) in [4.78, 5) is 27.7. The molecule has 9 nitrogen and oxygen atoms in total. The number of nitrogen functional groups attached to an aromatic ring is 1. The Bertz CT molecular complexity index is 1620. The van der Waals surface area contributed by atoms with E-state index in [9.17, 15) is 14.7 Å². The molecule has 9 N–H and O–H groups in total. The molecule has 6 rings (SSSR count). The van der Waals surface area contributed by atoms with Gasteiger partial charge in [-0.25, -0.2) is 0 Å². The first-order valence-corrected chi connectivity index (χ1v) is 13.5. The quantitative estimate of drug-likeness (QED) is 0.209. The zero-order valence-corrected chi connectivity index (χ0v) is 22.0. The number of hydrogen-bond acceptors (Lipinski definition) is 9. The standard InChI is InChI=1S/C29H29N5O4S/c1-14-11-16(38-15-5-3-2-4-6-15)7-8-17(14)29(32)18-9-10-19(30)25-22(18)23(24(31)27(29)36)26(39-25)28(37)34-20-12-33-13-21(20)35/h2-11,20-21,24,33,35H,12-13,30-32H2,1H3,(H,34,37)/t20-,21+,24?,29?/m0/s1. The number of aryl methyl sites for hydroxylation is 1. The number of hydrogen-bond donors (Lipinski definition) is 6. The van der Waals surface area contributed by atoms with Crippen LogP contribution in [0.4, 0.5) is 5.69 Å². The van der Waals surface area contributed by atoms with Crippen LogP contribution in [0.25, 0.3) is 10.1 Å². The summed E-state index contributed by atoms with van der Waals surface area (Å²) in [5.74, 6) is 0.476. The third-order valence-electron chi connectivity index (χ3n) is 7.62. The molecule has 10 heteroatoms. The van der Waals surface area contributed by atoms with E-state index in [1.54, 1.807) is 24.3 Å². The maximum Gasteiger partial charge on any atom is 0.262 e. The number of rotatable bonds is 5. The Hall–Kier alpha value is -3.80. The predicted molar refractivity (Wildman–Crippen MR) is 151 cm³/mol. The van der Waals surface area contributed by atoms with Crippen molar-refractivity contribution in [2.75, 3.05) is 18.8 Å². The lowest BCUT2D eigenvalue weighted by molar-refractivity contribution is -0.124. The summed E-state index contributed by atoms with van der Waals surface area (Å²) in [6.07, 6.45) is -0.705. The molecule has 0 spiro atoms. The van der Waals surface area contributed by atoms with Crippen LogP contribution < -0.4 is 32.6 Å². The highest BCUT2D eigenvalue weighted by atomic mass is 32.1. The molecule has 1 fully saturated rings. The largest absolute Gasteiger partial charge is 0.457 e. The molecule has 39 heavy (non-hydrogen) atoms. The van der Waals surface area contributed by atoms with E-state index in [-0.39, 0.29) is 0 Å². The van der Waals surface area contributed by atoms with Gasteiger partial charge < -0.3 is 37.7 Å². The molecule has 2 unspecified atom stereocenters. The van der Waals surface area contributed by atoms with Crippen molar-refractivity contribution >= 4 is 38.8 Å². The van der Waals surface area contributed by atoms with Gasteiger partial charge in [0.25, 0.3) is 5.91 Å². The molecule has 1 saturated heterocycles. The minimum Gasteiger partial charge on any atom is -0.457 e. The van der Waals surface area contributed by atoms with E-state index >= 15 is 0 Å². The molecule has 1 amide bonds. The van der Waals surface area contributed by atoms with Gasteiger partial charge in [0.15, 0.2) is 5.78 Å². The minimum atomic E-state index is -1.56. The summed E-state index contributed by atoms with van der Waals surface area (Å²) < 4.78 is 6.62. The molecule has 200 valence electrons. The van der Waals surface area contributed by atoms with Crippen molar-refractivity contribution in [3.8, 4) is 11.5 Å². The molecule has 1 aliphatic carbocycles. The molecule has 4 atom stereocenters. The van der Waals surface area contributed by atoms with E-state index in [1.165, 1.54) is 11.3 Å². The summed E-state index contributed by atoms with van der Waals surface area (Å²) in [6, 6.07) is 16.7. The van der Waals surface area contributed by atoms with Crippen LogP contribution in [0.5, 0.6) is 11.5 Å². The van der Waals surface area contributed by atoms with Gasteiger partial charge in [0.2, 0.25) is 0 Å². The van der Waals surface area contributed by atoms with Crippen LogP contribution >= 0.6 is 11.3 Å². The lowest BCUT2D eigenvalue weighted by Crippen LogP contribution is -2.53. The second-order valence-corrected chi connectivity index (χ2v) is 11.1. The number of benzene rings is 3. The SMILES string of the molecule is Cc1cc(Oc2ccccc2)ccc1C1(N)C(=O)C(N)c2c(C(=O)N[C@H]3CNC[C@H]3O)sc3c(N)ccc1c23. The number of para-hydroxylation sites is 1. The minimum absolute atomic E-state index is 0.300. The molecule has 2 heterocycles. The lowest BCUT2D eigenvalue weighted by Gasteiger charge is -2.37. The number of aliphatic hydroxyl groups excluding tert-OH is 1. The molecule has 3 aromatic carbocycles. The van der Waals surface area contributed by atoms with Gasteiger partial charge in [0.05, 0.1) is 27.8 Å². The number of ether oxygens (including phenoxy) is 1. The smallest absolute Gasteiger partial charge is 0.262 e. The summed E-state index contributed by atoms with van der Waals surface area (Å²) >= 11 is 1.18. The van der Waals surface area contributed by atoms with E-state index in [2.05, 4.69) is 10.6 Å². The second kappa shape index (κ2) is 9.44. The van der Waals surface area contributed by atoms with Crippen LogP contribution in [0, 0.1) is 6.92 Å². The van der Waals surface area contributed by atoms with Gasteiger partial charge in [-0.05, 0) is 53.9 Å². The Kier molecular flexibility index (Phi) is 6.17. The van der Waals surface area contributed by atoms with Crippen molar-refractivity contribution in [2.45, 2.75) is 30.7 Å². The van der Waals surface area contributed by atoms with Gasteiger partial charge in [-0.15, -0.1) is 11.3 Å². The number of aliphatic hydroxyl groups is 1. The van der Waals surface area contributed by atoms with Gasteiger partial charge in [0, 0.05) is 29.7 Å². The number of thiophene rings is 1. The Morgan fingerprint density at radius 1 is 1.10 bits per heavy atom. The van der Waals surface area contributed by atoms with E-state index in [0.717, 1.165) is 5.56 Å². The van der Waals surface area contributed by atoms with Crippen molar-refractivity contribution in [2.24, 2.45) is 11.5 Å². The normalized spacial score (nSPS) is 24.2. The van der Waals surface area contributed by atoms with E-state index in [4.69, 9.17) is 21.9 Å². The number of β-amino-alcohol motifs (C(OH)–C–C–N with tert-alkyl or cyclic N) is 1. The van der Waals surface area contributed by atoms with E-state index in [1.807, 2.05) is 43.3 Å². The number of amides is 1. The van der Waals surface area contributed by atoms with Crippen molar-refractivity contribution < 1.29 is 19.4 Å². The van der Waals surface area contributed by atoms with Gasteiger partial charge in [0.1, 0.15) is 17.0 Å². The van der Waals surface area contributed by atoms with Gasteiger partial charge in [-0.1, -0.05) is 30.3 Å². The molecule has 0 radical (unpaired) electrons. The van der Waals surface area contributed by atoms with Crippen molar-refractivity contribution in [3.63, 3.8) is 0 Å². The summed E-state index contributed by atoms with van der Waals surface area (Å²) in [6.45, 7) is 2.71. The second-order valence-electron chi connectivity index (χ2n) is 10.1. The maximum atomic E-state index is 14.0. The van der Waals surface area contributed by atoms with Crippen molar-refractivity contribution in [1.82, 2.24) is 10.6 Å². The molecule has 0 bridgehead atoms. The Balaban J connectivity index is 1.46. The van der Waals surface area contributed by atoms with Crippen LogP contribution in [-0.2, 0) is 10.3 Å². The lowest BCUT2D eigenvalue weighted by atomic mass is 9.69. The molecular formula is C29H29N5O4S. The Morgan fingerprint density at radius 2 is 1.85 bits per heavy atom. The molecular weight excluding hydrogens is 514 g/mol. The third kappa shape index (κ3) is 4.00. The van der Waals surface area contributed by atoms with Gasteiger partial charge in [-0.2, -0.15) is 0 Å². The predicted octanol–water partition coefficient (Wildman–Crippen LogP) is 2.43. The number of nitrogens with one attached hydrogen (secondary N) is 2. The Morgan fingerprint density at radius 3 is 2.54 bits per heavy atom. The average molecular weight is 544 g/mol. The number of carbonyl (C=O) groups is 2. The first kappa shape index (κ1) is 25.5. The summed E-state index contributed by atoms with van der Waals surface area (Å²) in [5.41, 5.74) is 21.2. The highest BCUT2D eigenvalue weighted by Crippen LogP contribution is 2.50. The molecule has 1 aliphatic heterocycles. The molecule has 1 aromatic heterocycles. The van der Waals surface area contributed by atoms with Crippen LogP contribution in [0.1, 0.15) is 38.0 Å². The number of anilines is 1. The number of carbonyl (C=O) groups excluding carboxylic acids is 2. The zero-order chi connectivity index (χ0) is 27.5. The number of ketones is 1. The number of nitrogens with two attached hydrogens (primary N) is 3. The molecule has 4 aromatic rings. The van der Waals surface area contributed by atoms with Crippen LogP contribution in [0.15, 0.2) is 60.7 Å². The van der Waals surface area contributed by atoms with Gasteiger partial charge >= 0.3 is 0 Å². The first-order chi connectivity index (χ1) is 18.7. The fourth-order valence-corrected chi connectivity index (χ4v) is 6.84. The summed E-state index contributed by atoms with van der Waals surface area (Å²) in [7, 11) is 0. The highest BCUT2D eigenvalue weighted by molar-refractivity contribution is 7.21. The topological polar surface area (TPSA) is 166 Å². The fraction of sp³-hybridized carbons (Fsp3) is 0.241. The summed E-state index contributed by atoms with van der Waals surface area (Å²) in [5, 5.41) is 16.7. The fourth-order valence-electron chi connectivity index (χ4n) is 5.64. The molecule has 0 saturated carbocycles. The van der Waals surface area contributed by atoms with Crippen LogP contribution in [0.2, 0.25) is 0 Å². The van der Waals surface area contributed by atoms with E-state index in [0.29, 0.717) is 61.9 Å². The first-order valence-electron chi connectivity index (χ1n) is 12.7. The monoisotopic (exact) mass is 543 g/mol. The average Bonchev–Trinajstić information content (AvgIpc) is 3.52. The van der Waals surface area contributed by atoms with E-state index < -0.39 is 35.4 Å². The maximum absolute atomic E-state index is 14.0. The highest BCUT2D eigenvalue weighted by Gasteiger charge is 2.49. The molecule has 2 aliphatic rings. The zero-order valence-electron chi connectivity index (χ0n) is 21.2. The van der Waals surface area contributed by atoms with Crippen molar-refractivity contribution in [3.05, 3.63) is 87.8 Å². The number of Topliss-reactive ketones (excluding diaryl/α,β-unsaturated/α-hetero) is 1. The van der Waals surface area contributed by atoms with Gasteiger partial charge in [-0.3, -0.25) is 9.59 Å². The van der Waals surface area contributed by atoms with Crippen LogP contribution in [0.3, 0.4) is 0 Å². The Labute approximate surface area is 228 Å². The van der Waals surface area contributed by atoms with Crippen molar-refractivity contribution in [1.29, 1.82) is 0 Å².